The van der Waals surface area contributed by atoms with Crippen molar-refractivity contribution in [3.63, 3.8) is 0 Å². The van der Waals surface area contributed by atoms with Crippen molar-refractivity contribution in [3.05, 3.63) is 35.9 Å². The number of hydrogen-bond acceptors (Lipinski definition) is 2. The first-order chi connectivity index (χ1) is 8.36. The van der Waals surface area contributed by atoms with E-state index in [1.165, 1.54) is 51.0 Å². The van der Waals surface area contributed by atoms with Crippen LogP contribution < -0.4 is 5.32 Å². The maximum absolute atomic E-state index is 3.54. The molecular formula is C15H22N2. The largest absolute Gasteiger partial charge is 0.316 e. The standard InChI is InChI=1S/C15H22N2/c1-2-5-14(6-3-1)11-17-10-4-7-15(13-17)8-9-16-12-15/h1-3,5-6,16H,4,7-13H2/t15-/m1/s1. The summed E-state index contributed by atoms with van der Waals surface area (Å²) in [5.74, 6) is 0. The molecule has 1 aromatic rings. The van der Waals surface area contributed by atoms with Crippen LogP contribution in [0.5, 0.6) is 0 Å². The Morgan fingerprint density at radius 2 is 2.06 bits per heavy atom. The summed E-state index contributed by atoms with van der Waals surface area (Å²) >= 11 is 0. The molecule has 2 aliphatic rings. The predicted octanol–water partition coefficient (Wildman–Crippen LogP) is 2.26. The zero-order valence-electron chi connectivity index (χ0n) is 10.5. The van der Waals surface area contributed by atoms with E-state index in [0.717, 1.165) is 6.54 Å². The van der Waals surface area contributed by atoms with E-state index in [2.05, 4.69) is 40.5 Å². The minimum atomic E-state index is 0.590. The van der Waals surface area contributed by atoms with Crippen molar-refractivity contribution in [2.45, 2.75) is 25.8 Å². The minimum Gasteiger partial charge on any atom is -0.316 e. The zero-order valence-corrected chi connectivity index (χ0v) is 10.5. The second kappa shape index (κ2) is 4.79. The van der Waals surface area contributed by atoms with Gasteiger partial charge in [-0.3, -0.25) is 4.90 Å². The number of nitrogens with one attached hydrogen (secondary N) is 1. The molecular weight excluding hydrogens is 208 g/mol. The normalized spacial score (nSPS) is 29.9. The zero-order chi connectivity index (χ0) is 11.6. The third-order valence-electron chi connectivity index (χ3n) is 4.32. The van der Waals surface area contributed by atoms with Crippen LogP contribution in [0.1, 0.15) is 24.8 Å². The molecule has 3 rings (SSSR count). The first-order valence-electron chi connectivity index (χ1n) is 6.83. The molecule has 0 saturated carbocycles. The number of benzene rings is 1. The summed E-state index contributed by atoms with van der Waals surface area (Å²) in [5, 5.41) is 3.54. The lowest BCUT2D eigenvalue weighted by molar-refractivity contribution is 0.0978. The van der Waals surface area contributed by atoms with E-state index >= 15 is 0 Å². The molecule has 1 N–H and O–H groups in total. The topological polar surface area (TPSA) is 15.3 Å². The van der Waals surface area contributed by atoms with Gasteiger partial charge in [-0.05, 0) is 43.3 Å². The average molecular weight is 230 g/mol. The third-order valence-corrected chi connectivity index (χ3v) is 4.32. The Morgan fingerprint density at radius 1 is 1.18 bits per heavy atom. The quantitative estimate of drug-likeness (QED) is 0.838. The van der Waals surface area contributed by atoms with Crippen LogP contribution >= 0.6 is 0 Å². The van der Waals surface area contributed by atoms with Gasteiger partial charge in [-0.25, -0.2) is 0 Å². The first-order valence-corrected chi connectivity index (χ1v) is 6.83. The Morgan fingerprint density at radius 3 is 2.82 bits per heavy atom. The summed E-state index contributed by atoms with van der Waals surface area (Å²) in [6.45, 7) is 6.14. The lowest BCUT2D eigenvalue weighted by Crippen LogP contribution is -2.43. The highest BCUT2D eigenvalue weighted by Gasteiger charge is 2.37. The maximum Gasteiger partial charge on any atom is 0.0233 e. The highest BCUT2D eigenvalue weighted by Crippen LogP contribution is 2.35. The van der Waals surface area contributed by atoms with Gasteiger partial charge < -0.3 is 5.32 Å². The van der Waals surface area contributed by atoms with E-state index in [-0.39, 0.29) is 0 Å². The van der Waals surface area contributed by atoms with Gasteiger partial charge in [-0.15, -0.1) is 0 Å². The van der Waals surface area contributed by atoms with Crippen LogP contribution in [0.2, 0.25) is 0 Å². The molecule has 1 atom stereocenters. The average Bonchev–Trinajstić information content (AvgIpc) is 2.79. The lowest BCUT2D eigenvalue weighted by atomic mass is 9.79. The molecule has 2 nitrogen and oxygen atoms in total. The Balaban J connectivity index is 1.64. The molecule has 92 valence electrons. The molecule has 2 fully saturated rings. The number of likely N-dealkylation sites (tertiary alicyclic amines) is 1. The van der Waals surface area contributed by atoms with Gasteiger partial charge in [0, 0.05) is 19.6 Å². The smallest absolute Gasteiger partial charge is 0.0233 e. The molecule has 2 aliphatic heterocycles. The van der Waals surface area contributed by atoms with Crippen molar-refractivity contribution < 1.29 is 0 Å². The van der Waals surface area contributed by atoms with Gasteiger partial charge in [0.1, 0.15) is 0 Å². The van der Waals surface area contributed by atoms with Crippen molar-refractivity contribution in [1.29, 1.82) is 0 Å². The van der Waals surface area contributed by atoms with Crippen LogP contribution in [0, 0.1) is 5.41 Å². The summed E-state index contributed by atoms with van der Waals surface area (Å²) < 4.78 is 0. The Kier molecular flexibility index (Phi) is 3.17. The fraction of sp³-hybridized carbons (Fsp3) is 0.600. The van der Waals surface area contributed by atoms with E-state index in [1.807, 2.05) is 0 Å². The van der Waals surface area contributed by atoms with Gasteiger partial charge in [0.2, 0.25) is 0 Å². The van der Waals surface area contributed by atoms with Gasteiger partial charge in [-0.1, -0.05) is 30.3 Å². The van der Waals surface area contributed by atoms with E-state index in [0.29, 0.717) is 5.41 Å². The van der Waals surface area contributed by atoms with Gasteiger partial charge >= 0.3 is 0 Å². The minimum absolute atomic E-state index is 0.590. The molecule has 2 heterocycles. The second-order valence-corrected chi connectivity index (χ2v) is 5.73. The molecule has 0 aliphatic carbocycles. The second-order valence-electron chi connectivity index (χ2n) is 5.73. The van der Waals surface area contributed by atoms with Crippen LogP contribution in [0.4, 0.5) is 0 Å². The van der Waals surface area contributed by atoms with Crippen LogP contribution in [0.3, 0.4) is 0 Å². The molecule has 1 spiro atoms. The van der Waals surface area contributed by atoms with Crippen molar-refractivity contribution in [3.8, 4) is 0 Å². The van der Waals surface area contributed by atoms with Gasteiger partial charge in [-0.2, -0.15) is 0 Å². The molecule has 0 radical (unpaired) electrons. The Labute approximate surface area is 104 Å². The van der Waals surface area contributed by atoms with Crippen molar-refractivity contribution >= 4 is 0 Å². The van der Waals surface area contributed by atoms with Crippen molar-refractivity contribution in [2.24, 2.45) is 5.41 Å². The van der Waals surface area contributed by atoms with E-state index in [9.17, 15) is 0 Å². The van der Waals surface area contributed by atoms with Crippen LogP contribution in [-0.2, 0) is 6.54 Å². The molecule has 2 heteroatoms. The number of piperidine rings is 1. The first kappa shape index (κ1) is 11.2. The van der Waals surface area contributed by atoms with Gasteiger partial charge in [0.05, 0.1) is 0 Å². The Bertz CT molecular complexity index is 354. The highest BCUT2D eigenvalue weighted by atomic mass is 15.1. The summed E-state index contributed by atoms with van der Waals surface area (Å²) in [5.41, 5.74) is 2.04. The lowest BCUT2D eigenvalue weighted by Gasteiger charge is -2.40. The summed E-state index contributed by atoms with van der Waals surface area (Å²) in [6, 6.07) is 10.9. The Hall–Kier alpha value is -0.860. The molecule has 0 unspecified atom stereocenters. The predicted molar refractivity (Wildman–Crippen MR) is 70.9 cm³/mol. The van der Waals surface area contributed by atoms with E-state index < -0.39 is 0 Å². The van der Waals surface area contributed by atoms with Crippen LogP contribution in [-0.4, -0.2) is 31.1 Å². The summed E-state index contributed by atoms with van der Waals surface area (Å²) in [7, 11) is 0. The summed E-state index contributed by atoms with van der Waals surface area (Å²) in [6.07, 6.45) is 4.16. The van der Waals surface area contributed by atoms with E-state index in [1.54, 1.807) is 0 Å². The summed E-state index contributed by atoms with van der Waals surface area (Å²) in [4.78, 5) is 2.64. The van der Waals surface area contributed by atoms with Crippen molar-refractivity contribution in [1.82, 2.24) is 10.2 Å². The molecule has 17 heavy (non-hydrogen) atoms. The number of nitrogens with zero attached hydrogens (tertiary/aromatic N) is 1. The SMILES string of the molecule is c1ccc(CN2CCC[C@]3(CCNC3)C2)cc1. The molecule has 2 saturated heterocycles. The fourth-order valence-corrected chi connectivity index (χ4v) is 3.43. The fourth-order valence-electron chi connectivity index (χ4n) is 3.43. The number of hydrogen-bond donors (Lipinski definition) is 1. The van der Waals surface area contributed by atoms with Crippen LogP contribution in [0.25, 0.3) is 0 Å². The van der Waals surface area contributed by atoms with Crippen LogP contribution in [0.15, 0.2) is 30.3 Å². The molecule has 1 aromatic carbocycles. The van der Waals surface area contributed by atoms with Gasteiger partial charge in [0.15, 0.2) is 0 Å². The number of rotatable bonds is 2. The maximum atomic E-state index is 3.54. The molecule has 0 bridgehead atoms. The van der Waals surface area contributed by atoms with E-state index in [4.69, 9.17) is 0 Å². The van der Waals surface area contributed by atoms with Crippen molar-refractivity contribution in [2.75, 3.05) is 26.2 Å². The third kappa shape index (κ3) is 2.53. The molecule has 0 aromatic heterocycles. The molecule has 0 amide bonds. The highest BCUT2D eigenvalue weighted by molar-refractivity contribution is 5.14. The van der Waals surface area contributed by atoms with Gasteiger partial charge in [0.25, 0.3) is 0 Å². The monoisotopic (exact) mass is 230 g/mol.